The molecule has 0 saturated carbocycles. The first-order valence-electron chi connectivity index (χ1n) is 9.17. The van der Waals surface area contributed by atoms with Gasteiger partial charge in [0.15, 0.2) is 0 Å². The fourth-order valence-electron chi connectivity index (χ4n) is 4.12. The number of nitrogens with zero attached hydrogens (tertiary/aromatic N) is 2. The first-order chi connectivity index (χ1) is 12.2. The van der Waals surface area contributed by atoms with E-state index in [1.807, 2.05) is 24.4 Å². The number of benzene rings is 1. The molecule has 5 rings (SSSR count). The van der Waals surface area contributed by atoms with Crippen molar-refractivity contribution in [3.8, 4) is 0 Å². The number of rotatable bonds is 5. The molecule has 1 amide bonds. The van der Waals surface area contributed by atoms with Gasteiger partial charge in [0.25, 0.3) is 0 Å². The highest BCUT2D eigenvalue weighted by molar-refractivity contribution is 5.84. The quantitative estimate of drug-likeness (QED) is 0.743. The number of aliphatic hydroxyl groups excluding tert-OH is 1. The lowest BCUT2D eigenvalue weighted by Gasteiger charge is -2.37. The van der Waals surface area contributed by atoms with Gasteiger partial charge in [-0.1, -0.05) is 18.2 Å². The molecule has 6 nitrogen and oxygen atoms in total. The normalized spacial score (nSPS) is 27.2. The summed E-state index contributed by atoms with van der Waals surface area (Å²) in [6, 6.07) is 7.77. The third-order valence-corrected chi connectivity index (χ3v) is 5.51. The van der Waals surface area contributed by atoms with Crippen LogP contribution in [0.4, 0.5) is 0 Å². The lowest BCUT2D eigenvalue weighted by Crippen LogP contribution is -2.58. The summed E-state index contributed by atoms with van der Waals surface area (Å²) >= 11 is 0. The number of carbonyl (C=O) groups is 1. The number of nitrogens with one attached hydrogen (secondary N) is 2. The number of fused-ring (bicyclic) bond motifs is 5. The van der Waals surface area contributed by atoms with Crippen molar-refractivity contribution in [3.05, 3.63) is 36.0 Å². The standard InChI is InChI=1S/C19H26N4O2/c24-13-15(10-14-11-20-17-5-2-1-4-16(14)17)21-19(25)18-12-22-6-3-7-23(18)9-8-22/h1-2,4-5,11,15,18,20,24H,3,6-10,12-13H2,(H,21,25). The zero-order chi connectivity index (χ0) is 17.2. The van der Waals surface area contributed by atoms with Gasteiger partial charge in [0.2, 0.25) is 5.91 Å². The van der Waals surface area contributed by atoms with Crippen molar-refractivity contribution in [1.29, 1.82) is 0 Å². The van der Waals surface area contributed by atoms with Crippen molar-refractivity contribution >= 4 is 16.8 Å². The van der Waals surface area contributed by atoms with Crippen LogP contribution in [0, 0.1) is 0 Å². The number of aromatic amines is 1. The van der Waals surface area contributed by atoms with Crippen LogP contribution >= 0.6 is 0 Å². The Morgan fingerprint density at radius 2 is 2.16 bits per heavy atom. The molecule has 4 atom stereocenters. The van der Waals surface area contributed by atoms with Gasteiger partial charge in [-0.3, -0.25) is 14.6 Å². The second kappa shape index (κ2) is 7.15. The number of carbonyl (C=O) groups excluding carboxylic acids is 1. The Morgan fingerprint density at radius 1 is 1.28 bits per heavy atom. The van der Waals surface area contributed by atoms with Crippen molar-refractivity contribution in [2.24, 2.45) is 0 Å². The van der Waals surface area contributed by atoms with Gasteiger partial charge in [0.1, 0.15) is 6.04 Å². The molecule has 3 N–H and O–H groups in total. The zero-order valence-electron chi connectivity index (χ0n) is 14.4. The van der Waals surface area contributed by atoms with E-state index in [-0.39, 0.29) is 24.6 Å². The largest absolute Gasteiger partial charge is 0.394 e. The van der Waals surface area contributed by atoms with Gasteiger partial charge in [-0.05, 0) is 31.0 Å². The molecule has 0 spiro atoms. The highest BCUT2D eigenvalue weighted by Crippen LogP contribution is 2.20. The van der Waals surface area contributed by atoms with Crippen molar-refractivity contribution in [2.45, 2.75) is 24.9 Å². The molecule has 0 radical (unpaired) electrons. The molecule has 4 heterocycles. The van der Waals surface area contributed by atoms with E-state index in [2.05, 4.69) is 26.2 Å². The maximum atomic E-state index is 12.8. The Morgan fingerprint density at radius 3 is 3.04 bits per heavy atom. The number of para-hydroxylation sites is 1. The molecular weight excluding hydrogens is 316 g/mol. The van der Waals surface area contributed by atoms with E-state index < -0.39 is 0 Å². The van der Waals surface area contributed by atoms with E-state index in [1.165, 1.54) is 0 Å². The summed E-state index contributed by atoms with van der Waals surface area (Å²) in [6.07, 6.45) is 3.73. The molecule has 3 aliphatic rings. The summed E-state index contributed by atoms with van der Waals surface area (Å²) in [5, 5.41) is 14.0. The summed E-state index contributed by atoms with van der Waals surface area (Å²) in [5.41, 5.74) is 2.21. The predicted molar refractivity (Wildman–Crippen MR) is 97.4 cm³/mol. The molecule has 0 aliphatic carbocycles. The minimum Gasteiger partial charge on any atom is -0.394 e. The molecule has 3 aliphatic heterocycles. The van der Waals surface area contributed by atoms with E-state index in [4.69, 9.17) is 0 Å². The Kier molecular flexibility index (Phi) is 4.74. The number of hydrogen-bond donors (Lipinski definition) is 3. The Labute approximate surface area is 147 Å². The number of hydrogen-bond acceptors (Lipinski definition) is 4. The van der Waals surface area contributed by atoms with E-state index in [0.717, 1.165) is 55.6 Å². The Bertz CT molecular complexity index is 740. The van der Waals surface area contributed by atoms with Crippen molar-refractivity contribution < 1.29 is 9.90 Å². The van der Waals surface area contributed by atoms with E-state index in [1.54, 1.807) is 0 Å². The number of aromatic nitrogens is 1. The molecule has 4 unspecified atom stereocenters. The minimum atomic E-state index is -0.260. The Balaban J connectivity index is 1.44. The molecule has 2 aromatic rings. The molecule has 3 saturated heterocycles. The SMILES string of the molecule is O=C(NC(CO)Cc1c[nH]c2ccccc12)C1CN2CCCN1CC2. The molecule has 134 valence electrons. The number of piperazine rings is 1. The first kappa shape index (κ1) is 16.6. The van der Waals surface area contributed by atoms with Crippen LogP contribution in [0.1, 0.15) is 12.0 Å². The third-order valence-electron chi connectivity index (χ3n) is 5.51. The average Bonchev–Trinajstić information content (AvgIpc) is 2.81. The van der Waals surface area contributed by atoms with Gasteiger partial charge in [-0.25, -0.2) is 0 Å². The monoisotopic (exact) mass is 342 g/mol. The second-order valence-electron chi connectivity index (χ2n) is 7.16. The number of amides is 1. The van der Waals surface area contributed by atoms with Crippen LogP contribution < -0.4 is 5.32 Å². The van der Waals surface area contributed by atoms with Gasteiger partial charge in [0, 0.05) is 43.3 Å². The van der Waals surface area contributed by atoms with Crippen LogP contribution in [0.15, 0.2) is 30.5 Å². The van der Waals surface area contributed by atoms with Crippen molar-refractivity contribution in [2.75, 3.05) is 39.3 Å². The van der Waals surface area contributed by atoms with Gasteiger partial charge in [-0.15, -0.1) is 0 Å². The van der Waals surface area contributed by atoms with Crippen LogP contribution in [-0.4, -0.2) is 77.2 Å². The third kappa shape index (κ3) is 3.42. The first-order valence-corrected chi connectivity index (χ1v) is 9.17. The molecule has 1 aromatic heterocycles. The molecule has 3 fully saturated rings. The summed E-state index contributed by atoms with van der Waals surface area (Å²) in [5.74, 6) is 0.0468. The highest BCUT2D eigenvalue weighted by Gasteiger charge is 2.35. The lowest BCUT2D eigenvalue weighted by molar-refractivity contribution is -0.129. The van der Waals surface area contributed by atoms with Gasteiger partial charge >= 0.3 is 0 Å². The topological polar surface area (TPSA) is 71.6 Å². The van der Waals surface area contributed by atoms with Crippen LogP contribution in [0.5, 0.6) is 0 Å². The fourth-order valence-corrected chi connectivity index (χ4v) is 4.12. The van der Waals surface area contributed by atoms with E-state index >= 15 is 0 Å². The van der Waals surface area contributed by atoms with E-state index in [0.29, 0.717) is 6.42 Å². The van der Waals surface area contributed by atoms with Gasteiger partial charge in [-0.2, -0.15) is 0 Å². The minimum absolute atomic E-state index is 0.0468. The van der Waals surface area contributed by atoms with Crippen LogP contribution in [-0.2, 0) is 11.2 Å². The predicted octanol–water partition coefficient (Wildman–Crippen LogP) is 0.577. The van der Waals surface area contributed by atoms with Crippen molar-refractivity contribution in [1.82, 2.24) is 20.1 Å². The molecule has 1 aromatic carbocycles. The maximum absolute atomic E-state index is 12.8. The molecule has 2 bridgehead atoms. The number of aliphatic hydroxyl groups is 1. The zero-order valence-corrected chi connectivity index (χ0v) is 14.4. The molecular formula is C19H26N4O2. The maximum Gasteiger partial charge on any atom is 0.238 e. The summed E-state index contributed by atoms with van der Waals surface area (Å²) in [7, 11) is 0. The molecule has 25 heavy (non-hydrogen) atoms. The number of H-pyrrole nitrogens is 1. The van der Waals surface area contributed by atoms with Crippen LogP contribution in [0.25, 0.3) is 10.9 Å². The van der Waals surface area contributed by atoms with E-state index in [9.17, 15) is 9.90 Å². The smallest absolute Gasteiger partial charge is 0.238 e. The van der Waals surface area contributed by atoms with Gasteiger partial charge < -0.3 is 15.4 Å². The second-order valence-corrected chi connectivity index (χ2v) is 7.16. The molecule has 6 heteroatoms. The highest BCUT2D eigenvalue weighted by atomic mass is 16.3. The van der Waals surface area contributed by atoms with Crippen LogP contribution in [0.2, 0.25) is 0 Å². The summed E-state index contributed by atoms with van der Waals surface area (Å²) in [4.78, 5) is 20.7. The summed E-state index contributed by atoms with van der Waals surface area (Å²) < 4.78 is 0. The average molecular weight is 342 g/mol. The van der Waals surface area contributed by atoms with Gasteiger partial charge in [0.05, 0.1) is 12.6 Å². The summed E-state index contributed by atoms with van der Waals surface area (Å²) in [6.45, 7) is 4.84. The van der Waals surface area contributed by atoms with Crippen LogP contribution in [0.3, 0.4) is 0 Å². The lowest BCUT2D eigenvalue weighted by atomic mass is 10.0. The Hall–Kier alpha value is -1.89. The fraction of sp³-hybridized carbons (Fsp3) is 0.526. The van der Waals surface area contributed by atoms with Crippen molar-refractivity contribution in [3.63, 3.8) is 0 Å².